The molecule has 1 spiro atoms. The topological polar surface area (TPSA) is 63.6 Å². The third-order valence-electron chi connectivity index (χ3n) is 6.61. The van der Waals surface area contributed by atoms with Crippen molar-refractivity contribution in [2.45, 2.75) is 31.1 Å². The van der Waals surface area contributed by atoms with Crippen LogP contribution in [0, 0.1) is 5.82 Å². The van der Waals surface area contributed by atoms with Gasteiger partial charge in [0.25, 0.3) is 5.91 Å². The van der Waals surface area contributed by atoms with Crippen LogP contribution in [0.4, 0.5) is 4.39 Å². The SMILES string of the molecule is COc1ccc(C2=NN(C(=O)CN3CCC4(CC3)OCCO4)[C@H](c3cccc(F)c3)C2)cc1. The van der Waals surface area contributed by atoms with E-state index < -0.39 is 5.79 Å². The minimum absolute atomic E-state index is 0.100. The Morgan fingerprint density at radius 1 is 1.15 bits per heavy atom. The predicted octanol–water partition coefficient (Wildman–Crippen LogP) is 3.35. The Hall–Kier alpha value is -2.81. The van der Waals surface area contributed by atoms with Gasteiger partial charge in [0.15, 0.2) is 5.79 Å². The number of halogens is 1. The van der Waals surface area contributed by atoms with Gasteiger partial charge in [-0.2, -0.15) is 5.10 Å². The minimum atomic E-state index is -0.475. The van der Waals surface area contributed by atoms with Crippen molar-refractivity contribution in [3.05, 3.63) is 65.5 Å². The number of carbonyl (C=O) groups excluding carboxylic acids is 1. The van der Waals surface area contributed by atoms with Crippen LogP contribution in [0.25, 0.3) is 0 Å². The van der Waals surface area contributed by atoms with E-state index in [1.165, 1.54) is 17.1 Å². The van der Waals surface area contributed by atoms with E-state index in [0.29, 0.717) is 19.6 Å². The van der Waals surface area contributed by atoms with Gasteiger partial charge >= 0.3 is 0 Å². The Morgan fingerprint density at radius 3 is 2.55 bits per heavy atom. The summed E-state index contributed by atoms with van der Waals surface area (Å²) in [6.07, 6.45) is 2.01. The van der Waals surface area contributed by atoms with Gasteiger partial charge in [-0.1, -0.05) is 12.1 Å². The summed E-state index contributed by atoms with van der Waals surface area (Å²) >= 11 is 0. The molecule has 3 aliphatic rings. The Morgan fingerprint density at radius 2 is 1.88 bits per heavy atom. The quantitative estimate of drug-likeness (QED) is 0.695. The first-order valence-corrected chi connectivity index (χ1v) is 11.3. The van der Waals surface area contributed by atoms with E-state index in [1.54, 1.807) is 13.2 Å². The third-order valence-corrected chi connectivity index (χ3v) is 6.61. The maximum Gasteiger partial charge on any atom is 0.257 e. The second kappa shape index (κ2) is 9.21. The van der Waals surface area contributed by atoms with E-state index in [4.69, 9.17) is 19.3 Å². The number of methoxy groups -OCH3 is 1. The fourth-order valence-corrected chi connectivity index (χ4v) is 4.77. The molecule has 3 heterocycles. The molecule has 2 fully saturated rings. The second-order valence-electron chi connectivity index (χ2n) is 8.67. The highest BCUT2D eigenvalue weighted by atomic mass is 19.1. The number of amides is 1. The van der Waals surface area contributed by atoms with Crippen LogP contribution in [0.2, 0.25) is 0 Å². The molecule has 7 nitrogen and oxygen atoms in total. The van der Waals surface area contributed by atoms with Crippen molar-refractivity contribution in [2.24, 2.45) is 5.10 Å². The zero-order valence-electron chi connectivity index (χ0n) is 18.7. The molecule has 3 aliphatic heterocycles. The van der Waals surface area contributed by atoms with E-state index in [2.05, 4.69) is 4.90 Å². The summed E-state index contributed by atoms with van der Waals surface area (Å²) in [6.45, 7) is 2.95. The zero-order chi connectivity index (χ0) is 22.8. The fourth-order valence-electron chi connectivity index (χ4n) is 4.77. The first kappa shape index (κ1) is 22.0. The number of benzene rings is 2. The lowest BCUT2D eigenvalue weighted by molar-refractivity contribution is -0.186. The van der Waals surface area contributed by atoms with Gasteiger partial charge < -0.3 is 14.2 Å². The smallest absolute Gasteiger partial charge is 0.257 e. The summed E-state index contributed by atoms with van der Waals surface area (Å²) in [5, 5.41) is 6.23. The van der Waals surface area contributed by atoms with Crippen molar-refractivity contribution in [3.63, 3.8) is 0 Å². The van der Waals surface area contributed by atoms with E-state index in [0.717, 1.165) is 48.5 Å². The van der Waals surface area contributed by atoms with E-state index in [-0.39, 0.29) is 24.3 Å². The normalized spacial score (nSPS) is 22.5. The first-order chi connectivity index (χ1) is 16.0. The molecule has 1 amide bonds. The second-order valence-corrected chi connectivity index (χ2v) is 8.67. The average molecular weight is 454 g/mol. The van der Waals surface area contributed by atoms with Crippen molar-refractivity contribution in [1.82, 2.24) is 9.91 Å². The number of hydrogen-bond acceptors (Lipinski definition) is 6. The number of hydrazone groups is 1. The lowest BCUT2D eigenvalue weighted by atomic mass is 9.98. The van der Waals surface area contributed by atoms with Crippen LogP contribution < -0.4 is 4.74 Å². The van der Waals surface area contributed by atoms with Crippen LogP contribution in [0.1, 0.15) is 36.4 Å². The molecule has 174 valence electrons. The number of hydrogen-bond donors (Lipinski definition) is 0. The van der Waals surface area contributed by atoms with Crippen molar-refractivity contribution in [1.29, 1.82) is 0 Å². The maximum absolute atomic E-state index is 14.0. The molecular weight excluding hydrogens is 425 g/mol. The number of carbonyl (C=O) groups is 1. The number of nitrogens with zero attached hydrogens (tertiary/aromatic N) is 3. The fraction of sp³-hybridized carbons (Fsp3) is 0.440. The predicted molar refractivity (Wildman–Crippen MR) is 120 cm³/mol. The van der Waals surface area contributed by atoms with Gasteiger partial charge in [0, 0.05) is 32.4 Å². The summed E-state index contributed by atoms with van der Waals surface area (Å²) in [5.41, 5.74) is 2.45. The lowest BCUT2D eigenvalue weighted by Crippen LogP contribution is -2.48. The van der Waals surface area contributed by atoms with Gasteiger partial charge in [-0.25, -0.2) is 9.40 Å². The zero-order valence-corrected chi connectivity index (χ0v) is 18.7. The van der Waals surface area contributed by atoms with Gasteiger partial charge in [0.1, 0.15) is 11.6 Å². The first-order valence-electron chi connectivity index (χ1n) is 11.3. The highest BCUT2D eigenvalue weighted by molar-refractivity contribution is 6.03. The summed E-state index contributed by atoms with van der Waals surface area (Å²) in [4.78, 5) is 15.5. The molecule has 0 bridgehead atoms. The van der Waals surface area contributed by atoms with Crippen molar-refractivity contribution in [3.8, 4) is 5.75 Å². The summed E-state index contributed by atoms with van der Waals surface area (Å²) < 4.78 is 30.8. The molecular formula is C25H28FN3O4. The number of likely N-dealkylation sites (tertiary alicyclic amines) is 1. The van der Waals surface area contributed by atoms with Crippen LogP contribution in [0.5, 0.6) is 5.75 Å². The minimum Gasteiger partial charge on any atom is -0.497 e. The lowest BCUT2D eigenvalue weighted by Gasteiger charge is -2.37. The molecule has 33 heavy (non-hydrogen) atoms. The largest absolute Gasteiger partial charge is 0.497 e. The number of ether oxygens (including phenoxy) is 3. The standard InChI is InChI=1S/C25H28FN3O4/c1-31-21-7-5-18(6-8-21)22-16-23(19-3-2-4-20(26)15-19)29(27-22)24(30)17-28-11-9-25(10-12-28)32-13-14-33-25/h2-8,15,23H,9-14,16-17H2,1H3/t23-/m0/s1. The molecule has 2 saturated heterocycles. The Labute approximate surface area is 192 Å². The molecule has 1 atom stereocenters. The van der Waals surface area contributed by atoms with Crippen LogP contribution in [0.3, 0.4) is 0 Å². The molecule has 2 aromatic carbocycles. The Bertz CT molecular complexity index is 1030. The van der Waals surface area contributed by atoms with Gasteiger partial charge in [0.05, 0.1) is 38.6 Å². The Balaban J connectivity index is 1.34. The molecule has 0 unspecified atom stereocenters. The third kappa shape index (κ3) is 4.64. The highest BCUT2D eigenvalue weighted by Gasteiger charge is 2.41. The van der Waals surface area contributed by atoms with Gasteiger partial charge in [0.2, 0.25) is 0 Å². The van der Waals surface area contributed by atoms with E-state index in [1.807, 2.05) is 30.3 Å². The molecule has 0 radical (unpaired) electrons. The summed E-state index contributed by atoms with van der Waals surface area (Å²) in [6, 6.07) is 13.7. The van der Waals surface area contributed by atoms with Crippen molar-refractivity contribution >= 4 is 11.6 Å². The van der Waals surface area contributed by atoms with Crippen LogP contribution in [-0.4, -0.2) is 67.3 Å². The molecule has 2 aromatic rings. The molecule has 0 aliphatic carbocycles. The molecule has 0 saturated carbocycles. The molecule has 0 N–H and O–H groups in total. The van der Waals surface area contributed by atoms with E-state index >= 15 is 0 Å². The molecule has 0 aromatic heterocycles. The maximum atomic E-state index is 14.0. The molecule has 8 heteroatoms. The van der Waals surface area contributed by atoms with Crippen molar-refractivity contribution < 1.29 is 23.4 Å². The average Bonchev–Trinajstić information content (AvgIpc) is 3.49. The van der Waals surface area contributed by atoms with Crippen LogP contribution >= 0.6 is 0 Å². The van der Waals surface area contributed by atoms with Gasteiger partial charge in [-0.15, -0.1) is 0 Å². The van der Waals surface area contributed by atoms with Gasteiger partial charge in [-0.3, -0.25) is 9.69 Å². The molecule has 5 rings (SSSR count). The summed E-state index contributed by atoms with van der Waals surface area (Å²) in [7, 11) is 1.62. The van der Waals surface area contributed by atoms with Crippen LogP contribution in [0.15, 0.2) is 53.6 Å². The Kier molecular flexibility index (Phi) is 6.14. The number of rotatable bonds is 5. The summed E-state index contributed by atoms with van der Waals surface area (Å²) in [5.74, 6) is -0.144. The number of piperidine rings is 1. The highest BCUT2D eigenvalue weighted by Crippen LogP contribution is 2.35. The van der Waals surface area contributed by atoms with Gasteiger partial charge in [-0.05, 0) is 47.5 Å². The van der Waals surface area contributed by atoms with E-state index in [9.17, 15) is 9.18 Å². The van der Waals surface area contributed by atoms with Crippen molar-refractivity contribution in [2.75, 3.05) is 40.0 Å². The van der Waals surface area contributed by atoms with Crippen LogP contribution in [-0.2, 0) is 14.3 Å². The monoisotopic (exact) mass is 453 g/mol.